The lowest BCUT2D eigenvalue weighted by Gasteiger charge is -2.24. The Kier molecular flexibility index (Phi) is 5.77. The van der Waals surface area contributed by atoms with Crippen molar-refractivity contribution in [1.82, 2.24) is 4.57 Å². The summed E-state index contributed by atoms with van der Waals surface area (Å²) in [5, 5.41) is 14.2. The zero-order valence-electron chi connectivity index (χ0n) is 28.4. The number of anilines is 1. The van der Waals surface area contributed by atoms with Crippen LogP contribution < -0.4 is 5.32 Å². The van der Waals surface area contributed by atoms with Crippen molar-refractivity contribution in [2.24, 2.45) is 4.99 Å². The van der Waals surface area contributed by atoms with Gasteiger partial charge in [0.1, 0.15) is 28.6 Å². The minimum Gasteiger partial charge on any atom is -0.456 e. The van der Waals surface area contributed by atoms with Gasteiger partial charge in [0.15, 0.2) is 5.76 Å². The highest BCUT2D eigenvalue weighted by molar-refractivity contribution is 6.21. The van der Waals surface area contributed by atoms with Crippen LogP contribution in [0.4, 0.5) is 5.69 Å². The maximum absolute atomic E-state index is 6.71. The number of benzene rings is 8. The molecule has 8 aromatic carbocycles. The van der Waals surface area contributed by atoms with Crippen LogP contribution in [0.1, 0.15) is 23.1 Å². The zero-order valence-corrected chi connectivity index (χ0v) is 28.4. The maximum Gasteiger partial charge on any atom is 0.177 e. The number of nitrogens with one attached hydrogen (secondary N) is 1. The number of hydrogen-bond donors (Lipinski definition) is 1. The van der Waals surface area contributed by atoms with E-state index >= 15 is 0 Å². The van der Waals surface area contributed by atoms with Gasteiger partial charge in [0.25, 0.3) is 0 Å². The van der Waals surface area contributed by atoms with Gasteiger partial charge in [-0.2, -0.15) is 0 Å². The molecule has 248 valence electrons. The van der Waals surface area contributed by atoms with Crippen molar-refractivity contribution in [3.05, 3.63) is 181 Å². The summed E-state index contributed by atoms with van der Waals surface area (Å²) in [5.74, 6) is 0.755. The van der Waals surface area contributed by atoms with Crippen LogP contribution in [-0.2, 0) is 0 Å². The van der Waals surface area contributed by atoms with Crippen LogP contribution in [0.5, 0.6) is 0 Å². The first-order chi connectivity index (χ1) is 26.3. The van der Waals surface area contributed by atoms with Crippen molar-refractivity contribution in [3.63, 3.8) is 0 Å². The first-order valence-corrected chi connectivity index (χ1v) is 18.0. The molecule has 0 saturated heterocycles. The van der Waals surface area contributed by atoms with Gasteiger partial charge < -0.3 is 18.7 Å². The van der Waals surface area contributed by atoms with Crippen molar-refractivity contribution in [2.75, 3.05) is 5.32 Å². The van der Waals surface area contributed by atoms with E-state index in [1.165, 1.54) is 38.0 Å². The van der Waals surface area contributed by atoms with Crippen LogP contribution in [0.25, 0.3) is 81.9 Å². The lowest BCUT2D eigenvalue weighted by Crippen LogP contribution is -2.19. The zero-order chi connectivity index (χ0) is 34.6. The third kappa shape index (κ3) is 4.10. The number of fused-ring (bicyclic) bond motifs is 12. The molecular weight excluding hydrogens is 651 g/mol. The predicted octanol–water partition coefficient (Wildman–Crippen LogP) is 12.7. The topological polar surface area (TPSA) is 55.6 Å². The molecule has 0 fully saturated rings. The molecule has 1 atom stereocenters. The maximum atomic E-state index is 6.71. The first-order valence-electron chi connectivity index (χ1n) is 18.0. The van der Waals surface area contributed by atoms with Gasteiger partial charge >= 0.3 is 0 Å². The summed E-state index contributed by atoms with van der Waals surface area (Å²) in [4.78, 5) is 5.42. The number of aromatic nitrogens is 1. The molecule has 0 amide bonds. The van der Waals surface area contributed by atoms with Crippen LogP contribution in [0.3, 0.4) is 0 Å². The largest absolute Gasteiger partial charge is 0.456 e. The minimum absolute atomic E-state index is 0.377. The van der Waals surface area contributed by atoms with Gasteiger partial charge in [-0.3, -0.25) is 4.99 Å². The monoisotopic (exact) mass is 679 g/mol. The fourth-order valence-corrected chi connectivity index (χ4v) is 8.61. The predicted molar refractivity (Wildman–Crippen MR) is 218 cm³/mol. The normalized spacial score (nSPS) is 14.5. The first kappa shape index (κ1) is 28.6. The van der Waals surface area contributed by atoms with Crippen molar-refractivity contribution >= 4 is 87.7 Å². The average molecular weight is 680 g/mol. The van der Waals surface area contributed by atoms with Gasteiger partial charge in [0.2, 0.25) is 0 Å². The Morgan fingerprint density at radius 3 is 2.17 bits per heavy atom. The van der Waals surface area contributed by atoms with Crippen LogP contribution >= 0.6 is 0 Å². The number of aliphatic imine (C=N–C) groups is 1. The van der Waals surface area contributed by atoms with Crippen molar-refractivity contribution < 1.29 is 8.83 Å². The van der Waals surface area contributed by atoms with E-state index in [0.29, 0.717) is 0 Å². The third-order valence-corrected chi connectivity index (χ3v) is 11.0. The lowest BCUT2D eigenvalue weighted by molar-refractivity contribution is 0.599. The second-order valence-corrected chi connectivity index (χ2v) is 13.9. The molecular formula is C48H29N3O2. The number of hydrogen-bond acceptors (Lipinski definition) is 4. The Labute approximate surface area is 303 Å². The van der Waals surface area contributed by atoms with Gasteiger partial charge in [0, 0.05) is 55.2 Å². The second-order valence-electron chi connectivity index (χ2n) is 13.9. The van der Waals surface area contributed by atoms with Gasteiger partial charge in [-0.1, -0.05) is 115 Å². The highest BCUT2D eigenvalue weighted by atomic mass is 16.3. The van der Waals surface area contributed by atoms with E-state index in [0.717, 1.165) is 72.3 Å². The molecule has 53 heavy (non-hydrogen) atoms. The van der Waals surface area contributed by atoms with E-state index < -0.39 is 0 Å². The van der Waals surface area contributed by atoms with Crippen LogP contribution in [-0.4, -0.2) is 10.3 Å². The fourth-order valence-electron chi connectivity index (χ4n) is 8.61. The number of nitrogens with zero attached hydrogens (tertiary/aromatic N) is 2. The summed E-state index contributed by atoms with van der Waals surface area (Å²) in [6.07, 6.45) is -0.377. The molecule has 4 heterocycles. The van der Waals surface area contributed by atoms with E-state index in [1.54, 1.807) is 0 Å². The number of furan rings is 2. The van der Waals surface area contributed by atoms with E-state index in [1.807, 2.05) is 12.1 Å². The Morgan fingerprint density at radius 2 is 1.25 bits per heavy atom. The van der Waals surface area contributed by atoms with Gasteiger partial charge in [-0.05, 0) is 58.6 Å². The summed E-state index contributed by atoms with van der Waals surface area (Å²) < 4.78 is 15.6. The Morgan fingerprint density at radius 1 is 0.509 bits per heavy atom. The summed E-state index contributed by atoms with van der Waals surface area (Å²) in [5.41, 5.74) is 9.76. The molecule has 0 bridgehead atoms. The second kappa shape index (κ2) is 10.7. The summed E-state index contributed by atoms with van der Waals surface area (Å²) in [7, 11) is 0. The molecule has 11 aromatic rings. The highest BCUT2D eigenvalue weighted by Gasteiger charge is 2.30. The number of para-hydroxylation sites is 2. The lowest BCUT2D eigenvalue weighted by atomic mass is 9.98. The standard InChI is InChI=1S/C48H29N3O2/c1-2-12-30-26-31(21-20-28(30)10-1)44-47-45(37-15-6-8-18-40(37)53-47)50-48(49-44)38-16-9-19-41-43(38)36-25-23-32(27-42(36)52-41)51-39-17-7-5-14-34(39)35-24-22-29-11-3-4-13-33(29)46(35)51/h1-27,48,50H. The molecule has 12 rings (SSSR count). The van der Waals surface area contributed by atoms with Crippen LogP contribution in [0, 0.1) is 0 Å². The quantitative estimate of drug-likeness (QED) is 0.202. The van der Waals surface area contributed by atoms with E-state index in [4.69, 9.17) is 13.8 Å². The molecule has 0 aliphatic carbocycles. The van der Waals surface area contributed by atoms with Crippen LogP contribution in [0.2, 0.25) is 0 Å². The third-order valence-electron chi connectivity index (χ3n) is 11.0. The summed E-state index contributed by atoms with van der Waals surface area (Å²) in [6.45, 7) is 0. The summed E-state index contributed by atoms with van der Waals surface area (Å²) >= 11 is 0. The van der Waals surface area contributed by atoms with E-state index in [-0.39, 0.29) is 6.17 Å². The molecule has 3 aromatic heterocycles. The van der Waals surface area contributed by atoms with Gasteiger partial charge in [-0.25, -0.2) is 0 Å². The number of rotatable bonds is 3. The molecule has 1 aliphatic heterocycles. The average Bonchev–Trinajstić information content (AvgIpc) is 3.89. The smallest absolute Gasteiger partial charge is 0.177 e. The SMILES string of the molecule is c1ccc2cc(C3=NC(c4cccc5oc6cc(-n7c8ccccc8c8ccc9ccccc9c87)ccc6c45)Nc4c3oc3ccccc43)ccc2c1. The minimum atomic E-state index is -0.377. The molecule has 0 radical (unpaired) electrons. The van der Waals surface area contributed by atoms with Gasteiger partial charge in [-0.15, -0.1) is 0 Å². The molecule has 0 saturated carbocycles. The molecule has 1 aliphatic rings. The summed E-state index contributed by atoms with van der Waals surface area (Å²) in [6, 6.07) is 57.8. The molecule has 1 N–H and O–H groups in total. The van der Waals surface area contributed by atoms with Crippen molar-refractivity contribution in [3.8, 4) is 5.69 Å². The van der Waals surface area contributed by atoms with Crippen molar-refractivity contribution in [2.45, 2.75) is 6.17 Å². The Bertz CT molecular complexity index is 3340. The van der Waals surface area contributed by atoms with Crippen molar-refractivity contribution in [1.29, 1.82) is 0 Å². The Balaban J connectivity index is 1.06. The molecule has 0 spiro atoms. The highest BCUT2D eigenvalue weighted by Crippen LogP contribution is 2.44. The Hall–Kier alpha value is -7.11. The molecule has 5 nitrogen and oxygen atoms in total. The van der Waals surface area contributed by atoms with Gasteiger partial charge in [0.05, 0.1) is 16.7 Å². The van der Waals surface area contributed by atoms with E-state index in [2.05, 4.69) is 162 Å². The molecule has 1 unspecified atom stereocenters. The van der Waals surface area contributed by atoms with E-state index in [9.17, 15) is 0 Å². The molecule has 5 heteroatoms. The van der Waals surface area contributed by atoms with Crippen LogP contribution in [0.15, 0.2) is 178 Å². The fraction of sp³-hybridized carbons (Fsp3) is 0.0208.